The number of amides is 1. The number of carbonyl (C=O) groups is 1. The van der Waals surface area contributed by atoms with E-state index in [1.807, 2.05) is 31.2 Å². The molecule has 4 rings (SSSR count). The summed E-state index contributed by atoms with van der Waals surface area (Å²) in [6.45, 7) is 2.84. The summed E-state index contributed by atoms with van der Waals surface area (Å²) >= 11 is 0. The molecule has 0 aliphatic carbocycles. The zero-order valence-corrected chi connectivity index (χ0v) is 17.0. The van der Waals surface area contributed by atoms with Crippen LogP contribution in [-0.4, -0.2) is 68.1 Å². The summed E-state index contributed by atoms with van der Waals surface area (Å²) in [7, 11) is 0. The lowest BCUT2D eigenvalue weighted by atomic mass is 10.0. The van der Waals surface area contributed by atoms with Crippen LogP contribution in [0.1, 0.15) is 24.6 Å². The summed E-state index contributed by atoms with van der Waals surface area (Å²) in [5.74, 6) is 0.322. The zero-order valence-electron chi connectivity index (χ0n) is 17.0. The highest BCUT2D eigenvalue weighted by Crippen LogP contribution is 2.30. The molecule has 2 aliphatic rings. The summed E-state index contributed by atoms with van der Waals surface area (Å²) in [5.41, 5.74) is -0.254. The number of aryl methyl sites for hydroxylation is 1. The summed E-state index contributed by atoms with van der Waals surface area (Å²) in [5, 5.41) is 20.7. The third kappa shape index (κ3) is 4.41. The lowest BCUT2D eigenvalue weighted by molar-refractivity contribution is -0.150. The maximum atomic E-state index is 12.9. The van der Waals surface area contributed by atoms with Crippen molar-refractivity contribution in [2.45, 2.75) is 50.4 Å². The largest absolute Gasteiger partial charge is 0.490 e. The fraction of sp³-hybridized carbons (Fsp3) is 0.476. The Balaban J connectivity index is 1.38. The maximum Gasteiger partial charge on any atom is 0.330 e. The van der Waals surface area contributed by atoms with E-state index in [4.69, 9.17) is 9.47 Å². The maximum absolute atomic E-state index is 12.9. The van der Waals surface area contributed by atoms with Gasteiger partial charge in [-0.25, -0.2) is 4.79 Å². The second kappa shape index (κ2) is 8.66. The van der Waals surface area contributed by atoms with Gasteiger partial charge in [0.2, 0.25) is 0 Å². The summed E-state index contributed by atoms with van der Waals surface area (Å²) in [6, 6.07) is 8.87. The van der Waals surface area contributed by atoms with Gasteiger partial charge in [-0.15, -0.1) is 0 Å². The van der Waals surface area contributed by atoms with Crippen molar-refractivity contribution in [1.29, 1.82) is 0 Å². The molecule has 0 unspecified atom stereocenters. The molecule has 1 aromatic heterocycles. The van der Waals surface area contributed by atoms with E-state index < -0.39 is 41.7 Å². The Morgan fingerprint density at radius 1 is 1.10 bits per heavy atom. The van der Waals surface area contributed by atoms with Gasteiger partial charge in [-0.3, -0.25) is 19.1 Å². The van der Waals surface area contributed by atoms with Gasteiger partial charge in [0.1, 0.15) is 24.1 Å². The molecule has 166 valence electrons. The van der Waals surface area contributed by atoms with Crippen LogP contribution in [0.15, 0.2) is 46.1 Å². The van der Waals surface area contributed by atoms with Crippen molar-refractivity contribution in [2.75, 3.05) is 13.1 Å². The molecule has 2 saturated heterocycles. The SMILES string of the molecule is Cc1ccc(OC2CCN(C(=O)[C@H]3O[C@@H](n4ccc(=O)[nH]c4=O)[C@H](O)[C@@H]3O)CC2)cc1. The predicted octanol–water partition coefficient (Wildman–Crippen LogP) is -0.466. The number of aliphatic hydroxyl groups excluding tert-OH is 2. The monoisotopic (exact) mass is 431 g/mol. The van der Waals surface area contributed by atoms with Gasteiger partial charge in [0.05, 0.1) is 0 Å². The Bertz CT molecular complexity index is 1040. The smallest absolute Gasteiger partial charge is 0.330 e. The predicted molar refractivity (Wildman–Crippen MR) is 109 cm³/mol. The number of ether oxygens (including phenoxy) is 2. The van der Waals surface area contributed by atoms with E-state index in [0.717, 1.165) is 28.1 Å². The molecule has 3 N–H and O–H groups in total. The number of likely N-dealkylation sites (tertiary alicyclic amines) is 1. The minimum atomic E-state index is -1.50. The molecular formula is C21H25N3O7. The number of aliphatic hydroxyl groups is 2. The van der Waals surface area contributed by atoms with Crippen LogP contribution in [0, 0.1) is 6.92 Å². The third-order valence-electron chi connectivity index (χ3n) is 5.68. The third-order valence-corrected chi connectivity index (χ3v) is 5.68. The Kier molecular flexibility index (Phi) is 5.94. The van der Waals surface area contributed by atoms with Gasteiger partial charge in [0.25, 0.3) is 11.5 Å². The topological polar surface area (TPSA) is 134 Å². The summed E-state index contributed by atoms with van der Waals surface area (Å²) < 4.78 is 12.5. The molecule has 3 heterocycles. The fourth-order valence-corrected chi connectivity index (χ4v) is 3.90. The van der Waals surface area contributed by atoms with Gasteiger partial charge < -0.3 is 24.6 Å². The van der Waals surface area contributed by atoms with Crippen molar-refractivity contribution in [1.82, 2.24) is 14.5 Å². The van der Waals surface area contributed by atoms with Gasteiger partial charge in [0.15, 0.2) is 12.3 Å². The first-order chi connectivity index (χ1) is 14.8. The number of aromatic nitrogens is 2. The van der Waals surface area contributed by atoms with Crippen LogP contribution >= 0.6 is 0 Å². The number of rotatable bonds is 4. The van der Waals surface area contributed by atoms with E-state index in [9.17, 15) is 24.6 Å². The van der Waals surface area contributed by atoms with Gasteiger partial charge in [0, 0.05) is 38.2 Å². The van der Waals surface area contributed by atoms with Crippen LogP contribution < -0.4 is 16.0 Å². The highest BCUT2D eigenvalue weighted by molar-refractivity contribution is 5.82. The number of hydrogen-bond acceptors (Lipinski definition) is 7. The lowest BCUT2D eigenvalue weighted by Crippen LogP contribution is -2.49. The molecule has 31 heavy (non-hydrogen) atoms. The summed E-state index contributed by atoms with van der Waals surface area (Å²) in [6.07, 6.45) is -3.23. The van der Waals surface area contributed by atoms with E-state index in [0.29, 0.717) is 25.9 Å². The number of aromatic amines is 1. The Morgan fingerprint density at radius 2 is 1.77 bits per heavy atom. The number of nitrogens with one attached hydrogen (secondary N) is 1. The van der Waals surface area contributed by atoms with E-state index >= 15 is 0 Å². The number of benzene rings is 1. The Morgan fingerprint density at radius 3 is 2.42 bits per heavy atom. The lowest BCUT2D eigenvalue weighted by Gasteiger charge is -2.34. The van der Waals surface area contributed by atoms with Gasteiger partial charge in [-0.2, -0.15) is 0 Å². The Labute approximate surface area is 177 Å². The number of H-pyrrole nitrogens is 1. The second-order valence-corrected chi connectivity index (χ2v) is 7.90. The van der Waals surface area contributed by atoms with Crippen molar-refractivity contribution >= 4 is 5.91 Å². The standard InChI is InChI=1S/C21H25N3O7/c1-12-2-4-13(5-3-12)30-14-6-9-23(10-7-14)19(28)18-16(26)17(27)20(31-18)24-11-8-15(25)22-21(24)29/h2-5,8,11,14,16-18,20,26-27H,6-7,9-10H2,1H3,(H,22,25,29)/t16-,17+,18-,20+/m0/s1. The number of carbonyl (C=O) groups excluding carboxylic acids is 1. The van der Waals surface area contributed by atoms with Crippen LogP contribution in [0.3, 0.4) is 0 Å². The molecule has 2 aliphatic heterocycles. The molecule has 1 amide bonds. The van der Waals surface area contributed by atoms with Gasteiger partial charge >= 0.3 is 5.69 Å². The van der Waals surface area contributed by atoms with Crippen LogP contribution in [0.25, 0.3) is 0 Å². The van der Waals surface area contributed by atoms with Crippen LogP contribution in [0.5, 0.6) is 5.75 Å². The van der Waals surface area contributed by atoms with Crippen LogP contribution in [0.2, 0.25) is 0 Å². The van der Waals surface area contributed by atoms with Crippen LogP contribution in [0.4, 0.5) is 0 Å². The van der Waals surface area contributed by atoms with E-state index in [1.54, 1.807) is 4.90 Å². The first-order valence-electron chi connectivity index (χ1n) is 10.2. The van der Waals surface area contributed by atoms with Gasteiger partial charge in [-0.05, 0) is 19.1 Å². The fourth-order valence-electron chi connectivity index (χ4n) is 3.90. The van der Waals surface area contributed by atoms with E-state index in [-0.39, 0.29) is 6.10 Å². The normalized spacial score (nSPS) is 26.7. The van der Waals surface area contributed by atoms with Crippen molar-refractivity contribution in [3.05, 3.63) is 62.9 Å². The molecule has 0 saturated carbocycles. The molecule has 0 spiro atoms. The van der Waals surface area contributed by atoms with Crippen molar-refractivity contribution in [3.63, 3.8) is 0 Å². The average Bonchev–Trinajstić information content (AvgIpc) is 3.04. The number of nitrogens with zero attached hydrogens (tertiary/aromatic N) is 2. The molecule has 0 bridgehead atoms. The molecule has 4 atom stereocenters. The van der Waals surface area contributed by atoms with E-state index in [2.05, 4.69) is 4.98 Å². The van der Waals surface area contributed by atoms with Crippen LogP contribution in [-0.2, 0) is 9.53 Å². The van der Waals surface area contributed by atoms with Gasteiger partial charge in [-0.1, -0.05) is 17.7 Å². The molecule has 10 nitrogen and oxygen atoms in total. The van der Waals surface area contributed by atoms with Crippen molar-refractivity contribution in [2.24, 2.45) is 0 Å². The average molecular weight is 431 g/mol. The van der Waals surface area contributed by atoms with Crippen molar-refractivity contribution < 1.29 is 24.5 Å². The molecule has 0 radical (unpaired) electrons. The quantitative estimate of drug-likeness (QED) is 0.596. The Hall–Kier alpha value is -2.95. The molecule has 2 fully saturated rings. The van der Waals surface area contributed by atoms with Crippen molar-refractivity contribution in [3.8, 4) is 5.75 Å². The highest BCUT2D eigenvalue weighted by atomic mass is 16.6. The molecule has 10 heteroatoms. The molecule has 2 aromatic rings. The highest BCUT2D eigenvalue weighted by Gasteiger charge is 2.49. The summed E-state index contributed by atoms with van der Waals surface area (Å²) in [4.78, 5) is 39.8. The number of piperidine rings is 1. The molecule has 1 aromatic carbocycles. The minimum absolute atomic E-state index is 0.0285. The first-order valence-corrected chi connectivity index (χ1v) is 10.2. The minimum Gasteiger partial charge on any atom is -0.490 e. The number of hydrogen-bond donors (Lipinski definition) is 3. The first kappa shape index (κ1) is 21.3. The van der Waals surface area contributed by atoms with E-state index in [1.165, 1.54) is 0 Å². The zero-order chi connectivity index (χ0) is 22.1. The second-order valence-electron chi connectivity index (χ2n) is 7.90. The molecular weight excluding hydrogens is 406 g/mol.